The Bertz CT molecular complexity index is 142. The summed E-state index contributed by atoms with van der Waals surface area (Å²) in [6, 6.07) is 0. The number of hydrogen-bond donors (Lipinski definition) is 1. The van der Waals surface area contributed by atoms with Crippen LogP contribution in [0.15, 0.2) is 0 Å². The van der Waals surface area contributed by atoms with Gasteiger partial charge in [0.25, 0.3) is 0 Å². The van der Waals surface area contributed by atoms with Gasteiger partial charge < -0.3 is 5.11 Å². The van der Waals surface area contributed by atoms with Crippen LogP contribution < -0.4 is 0 Å². The monoisotopic (exact) mass is 313 g/mol. The van der Waals surface area contributed by atoms with Crippen molar-refractivity contribution >= 4 is 5.97 Å². The molecule has 0 aromatic rings. The quantitative estimate of drug-likeness (QED) is 0.818. The Kier molecular flexibility index (Phi) is 10.2. The first-order valence-electron chi connectivity index (χ1n) is 4.86. The van der Waals surface area contributed by atoms with E-state index >= 15 is 0 Å². The maximum Gasteiger partial charge on any atom is 0.309 e. The molecule has 0 amide bonds. The zero-order valence-electron chi connectivity index (χ0n) is 8.97. The van der Waals surface area contributed by atoms with Crippen molar-refractivity contribution in [1.82, 2.24) is 0 Å². The van der Waals surface area contributed by atoms with Crippen LogP contribution in [0.25, 0.3) is 0 Å². The third-order valence-corrected chi connectivity index (χ3v) is 2.82. The molecule has 0 bridgehead atoms. The van der Waals surface area contributed by atoms with Crippen LogP contribution in [0.2, 0.25) is 0 Å². The van der Waals surface area contributed by atoms with Gasteiger partial charge in [-0.2, -0.15) is 0 Å². The molecule has 0 saturated carbocycles. The average Bonchev–Trinajstić information content (AvgIpc) is 2.07. The van der Waals surface area contributed by atoms with Gasteiger partial charge in [0.15, 0.2) is 0 Å². The molecule has 1 radical (unpaired) electrons. The van der Waals surface area contributed by atoms with E-state index in [1.165, 1.54) is 0 Å². The van der Waals surface area contributed by atoms with Crippen LogP contribution in [0.1, 0.15) is 52.9 Å². The smallest absolute Gasteiger partial charge is 0.309 e. The van der Waals surface area contributed by atoms with Gasteiger partial charge in [-0.15, -0.1) is 0 Å². The normalized spacial score (nSPS) is 10.7. The summed E-state index contributed by atoms with van der Waals surface area (Å²) in [6.45, 7) is 6.03. The maximum absolute atomic E-state index is 11.0. The van der Waals surface area contributed by atoms with E-state index in [0.29, 0.717) is 0 Å². The Balaban J connectivity index is 0. The zero-order valence-corrected chi connectivity index (χ0v) is 12.7. The second-order valence-electron chi connectivity index (χ2n) is 3.40. The van der Waals surface area contributed by atoms with Crippen molar-refractivity contribution in [1.29, 1.82) is 0 Å². The van der Waals surface area contributed by atoms with Crippen LogP contribution >= 0.6 is 0 Å². The van der Waals surface area contributed by atoms with Gasteiger partial charge in [-0.1, -0.05) is 33.6 Å². The minimum absolute atomic E-state index is 0. The topological polar surface area (TPSA) is 37.3 Å². The molecule has 0 aromatic heterocycles. The number of carboxylic acids is 1. The van der Waals surface area contributed by atoms with Crippen molar-refractivity contribution in [3.8, 4) is 0 Å². The van der Waals surface area contributed by atoms with E-state index in [1.807, 2.05) is 13.8 Å². The summed E-state index contributed by atoms with van der Waals surface area (Å²) in [6.07, 6.45) is 4.42. The Hall–Kier alpha value is 0.834. The molecule has 75 valence electrons. The summed E-state index contributed by atoms with van der Waals surface area (Å²) in [5, 5.41) is 9.05. The fourth-order valence-electron chi connectivity index (χ4n) is 1.53. The molecule has 2 nitrogen and oxygen atoms in total. The number of hydrogen-bond acceptors (Lipinski definition) is 1. The van der Waals surface area contributed by atoms with Gasteiger partial charge in [-0.25, -0.2) is 0 Å². The van der Waals surface area contributed by atoms with Crippen molar-refractivity contribution in [2.24, 2.45) is 5.41 Å². The van der Waals surface area contributed by atoms with Crippen LogP contribution in [-0.2, 0) is 4.79 Å². The number of unbranched alkanes of at least 4 members (excludes halogenated alkanes) is 1. The van der Waals surface area contributed by atoms with Crippen molar-refractivity contribution in [3.63, 3.8) is 0 Å². The van der Waals surface area contributed by atoms with Crippen molar-refractivity contribution in [2.75, 3.05) is 0 Å². The summed E-state index contributed by atoms with van der Waals surface area (Å²) in [4.78, 5) is 11.0. The molecular weight excluding hydrogens is 293 g/mol. The Labute approximate surface area is 114 Å². The predicted octanol–water partition coefficient (Wildman–Crippen LogP) is 3.07. The summed E-state index contributed by atoms with van der Waals surface area (Å²) in [7, 11) is 0. The first-order chi connectivity index (χ1) is 5.63. The van der Waals surface area contributed by atoms with Gasteiger partial charge in [0, 0.05) is 41.3 Å². The van der Waals surface area contributed by atoms with Gasteiger partial charge in [0.1, 0.15) is 0 Å². The van der Waals surface area contributed by atoms with Gasteiger partial charge in [-0.3, -0.25) is 4.79 Å². The SMILES string of the molecule is CCCCC(CC)(CC)C(=O)O.[Pr]. The molecule has 0 aromatic carbocycles. The standard InChI is InChI=1S/C10H20O2.Pr/c1-4-7-8-10(5-2,6-3)9(11)12;/h4-8H2,1-3H3,(H,11,12);. The third kappa shape index (κ3) is 4.74. The van der Waals surface area contributed by atoms with E-state index in [-0.39, 0.29) is 41.3 Å². The summed E-state index contributed by atoms with van der Waals surface area (Å²) in [5.74, 6) is -0.624. The zero-order chi connectivity index (χ0) is 9.61. The average molecular weight is 313 g/mol. The van der Waals surface area contributed by atoms with E-state index in [2.05, 4.69) is 6.92 Å². The number of aliphatic carboxylic acids is 1. The largest absolute Gasteiger partial charge is 0.481 e. The molecule has 0 atom stereocenters. The second-order valence-corrected chi connectivity index (χ2v) is 3.40. The number of carboxylic acid groups (broad SMARTS) is 1. The minimum atomic E-state index is -0.624. The molecule has 0 heterocycles. The summed E-state index contributed by atoms with van der Waals surface area (Å²) < 4.78 is 0. The van der Waals surface area contributed by atoms with E-state index in [0.717, 1.165) is 32.1 Å². The van der Waals surface area contributed by atoms with E-state index in [9.17, 15) is 4.79 Å². The maximum atomic E-state index is 11.0. The third-order valence-electron chi connectivity index (χ3n) is 2.82. The molecule has 0 unspecified atom stereocenters. The molecule has 3 heteroatoms. The fraction of sp³-hybridized carbons (Fsp3) is 0.900. The van der Waals surface area contributed by atoms with Crippen molar-refractivity contribution in [3.05, 3.63) is 0 Å². The van der Waals surface area contributed by atoms with Gasteiger partial charge in [-0.05, 0) is 19.3 Å². The molecule has 0 aliphatic heterocycles. The van der Waals surface area contributed by atoms with Crippen LogP contribution in [0.5, 0.6) is 0 Å². The van der Waals surface area contributed by atoms with Crippen LogP contribution in [0, 0.1) is 46.7 Å². The molecule has 0 aliphatic rings. The molecule has 0 fully saturated rings. The Morgan fingerprint density at radius 1 is 1.23 bits per heavy atom. The van der Waals surface area contributed by atoms with E-state index in [4.69, 9.17) is 5.11 Å². The molecular formula is C10H20O2Pr. The van der Waals surface area contributed by atoms with E-state index in [1.54, 1.807) is 0 Å². The van der Waals surface area contributed by atoms with Gasteiger partial charge >= 0.3 is 5.97 Å². The predicted molar refractivity (Wildman–Crippen MR) is 50.2 cm³/mol. The minimum Gasteiger partial charge on any atom is -0.481 e. The van der Waals surface area contributed by atoms with Gasteiger partial charge in [0.05, 0.1) is 5.41 Å². The molecule has 13 heavy (non-hydrogen) atoms. The molecule has 1 N–H and O–H groups in total. The number of carbonyl (C=O) groups is 1. The molecule has 0 rings (SSSR count). The van der Waals surface area contributed by atoms with Crippen LogP contribution in [-0.4, -0.2) is 11.1 Å². The Morgan fingerprint density at radius 2 is 1.69 bits per heavy atom. The number of rotatable bonds is 6. The summed E-state index contributed by atoms with van der Waals surface area (Å²) >= 11 is 0. The molecule has 0 saturated heterocycles. The van der Waals surface area contributed by atoms with Crippen LogP contribution in [0.4, 0.5) is 0 Å². The van der Waals surface area contributed by atoms with Crippen LogP contribution in [0.3, 0.4) is 0 Å². The summed E-state index contributed by atoms with van der Waals surface area (Å²) in [5.41, 5.74) is -0.448. The van der Waals surface area contributed by atoms with Gasteiger partial charge in [0.2, 0.25) is 0 Å². The van der Waals surface area contributed by atoms with E-state index < -0.39 is 11.4 Å². The fourth-order valence-corrected chi connectivity index (χ4v) is 1.53. The molecule has 0 aliphatic carbocycles. The Morgan fingerprint density at radius 3 is 1.92 bits per heavy atom. The second kappa shape index (κ2) is 8.17. The van der Waals surface area contributed by atoms with Crippen molar-refractivity contribution < 1.29 is 51.2 Å². The first kappa shape index (κ1) is 16.3. The van der Waals surface area contributed by atoms with Crippen molar-refractivity contribution in [2.45, 2.75) is 52.9 Å². The first-order valence-corrected chi connectivity index (χ1v) is 4.86. The molecule has 0 spiro atoms.